The molecule has 1 amide bonds. The highest BCUT2D eigenvalue weighted by molar-refractivity contribution is 8.00. The summed E-state index contributed by atoms with van der Waals surface area (Å²) in [5.74, 6) is 1.85. The topological polar surface area (TPSA) is 82.6 Å². The summed E-state index contributed by atoms with van der Waals surface area (Å²) < 4.78 is 17.2. The van der Waals surface area contributed by atoms with Crippen molar-refractivity contribution in [3.8, 4) is 17.2 Å². The first-order chi connectivity index (χ1) is 14.1. The van der Waals surface area contributed by atoms with Crippen LogP contribution >= 0.6 is 23.1 Å². The molecule has 0 saturated carbocycles. The lowest BCUT2D eigenvalue weighted by Gasteiger charge is -2.13. The van der Waals surface area contributed by atoms with Gasteiger partial charge in [0.05, 0.1) is 31.8 Å². The molecular weight excluding hydrogens is 410 g/mol. The maximum absolute atomic E-state index is 12.3. The van der Waals surface area contributed by atoms with E-state index in [0.717, 1.165) is 15.7 Å². The first-order valence-electron chi connectivity index (χ1n) is 8.72. The molecule has 7 nitrogen and oxygen atoms in total. The van der Waals surface area contributed by atoms with Crippen molar-refractivity contribution >= 4 is 34.7 Å². The number of nitrogens with zero attached hydrogens (tertiary/aromatic N) is 2. The lowest BCUT2D eigenvalue weighted by Crippen LogP contribution is -2.20. The third kappa shape index (κ3) is 5.85. The minimum Gasteiger partial charge on any atom is -0.495 e. The second-order valence-corrected chi connectivity index (χ2v) is 7.99. The van der Waals surface area contributed by atoms with Gasteiger partial charge in [0.25, 0.3) is 5.91 Å². The van der Waals surface area contributed by atoms with Gasteiger partial charge in [-0.15, -0.1) is 11.3 Å². The largest absolute Gasteiger partial charge is 0.495 e. The monoisotopic (exact) mass is 431 g/mol. The standard InChI is InChI=1S/C20H21N3O4S2/c1-13-11-28-20(22-13)29-12-14-8-17(18(26-3)9-21-14)27-10-19(24)23-15-6-4-5-7-16(15)25-2/h4-9,11H,10,12H2,1-3H3,(H,23,24). The number of anilines is 1. The molecule has 0 unspecified atom stereocenters. The summed E-state index contributed by atoms with van der Waals surface area (Å²) in [7, 11) is 3.08. The van der Waals surface area contributed by atoms with Crippen molar-refractivity contribution in [2.75, 3.05) is 26.1 Å². The third-order valence-electron chi connectivity index (χ3n) is 3.79. The molecule has 0 spiro atoms. The smallest absolute Gasteiger partial charge is 0.262 e. The van der Waals surface area contributed by atoms with Gasteiger partial charge < -0.3 is 19.5 Å². The molecule has 0 bridgehead atoms. The minimum atomic E-state index is -0.303. The van der Waals surface area contributed by atoms with Crippen LogP contribution in [0.4, 0.5) is 5.69 Å². The van der Waals surface area contributed by atoms with E-state index in [0.29, 0.717) is 28.7 Å². The van der Waals surface area contributed by atoms with Crippen molar-refractivity contribution in [1.82, 2.24) is 9.97 Å². The van der Waals surface area contributed by atoms with Crippen LogP contribution in [0.3, 0.4) is 0 Å². The van der Waals surface area contributed by atoms with Crippen molar-refractivity contribution in [1.29, 1.82) is 0 Å². The van der Waals surface area contributed by atoms with Crippen molar-refractivity contribution in [2.45, 2.75) is 17.0 Å². The number of thiazole rings is 1. The van der Waals surface area contributed by atoms with Crippen LogP contribution in [-0.2, 0) is 10.5 Å². The van der Waals surface area contributed by atoms with Crippen LogP contribution in [0.25, 0.3) is 0 Å². The Morgan fingerprint density at radius 2 is 1.97 bits per heavy atom. The molecule has 0 atom stereocenters. The first-order valence-corrected chi connectivity index (χ1v) is 10.6. The number of hydrogen-bond acceptors (Lipinski definition) is 8. The number of carbonyl (C=O) groups excluding carboxylic acids is 1. The number of benzene rings is 1. The minimum absolute atomic E-state index is 0.170. The van der Waals surface area contributed by atoms with Gasteiger partial charge in [0, 0.05) is 22.9 Å². The molecule has 0 radical (unpaired) electrons. The number of thioether (sulfide) groups is 1. The number of hydrogen-bond donors (Lipinski definition) is 1. The summed E-state index contributed by atoms with van der Waals surface area (Å²) in [4.78, 5) is 21.1. The van der Waals surface area contributed by atoms with Gasteiger partial charge in [0.1, 0.15) is 10.1 Å². The van der Waals surface area contributed by atoms with E-state index in [1.165, 1.54) is 7.11 Å². The number of nitrogens with one attached hydrogen (secondary N) is 1. The molecule has 9 heteroatoms. The molecule has 3 aromatic rings. The van der Waals surface area contributed by atoms with E-state index in [-0.39, 0.29) is 12.5 Å². The van der Waals surface area contributed by atoms with Crippen LogP contribution in [-0.4, -0.2) is 36.7 Å². The van der Waals surface area contributed by atoms with E-state index < -0.39 is 0 Å². The van der Waals surface area contributed by atoms with Gasteiger partial charge in [-0.1, -0.05) is 23.9 Å². The predicted molar refractivity (Wildman–Crippen MR) is 114 cm³/mol. The molecule has 3 rings (SSSR count). The zero-order valence-electron chi connectivity index (χ0n) is 16.3. The molecule has 0 aliphatic heterocycles. The second kappa shape index (κ2) is 10.1. The van der Waals surface area contributed by atoms with Crippen LogP contribution in [0.1, 0.15) is 11.4 Å². The molecule has 152 valence electrons. The van der Waals surface area contributed by atoms with Gasteiger partial charge in [0.15, 0.2) is 18.1 Å². The number of pyridine rings is 1. The van der Waals surface area contributed by atoms with Gasteiger partial charge in [0.2, 0.25) is 0 Å². The fourth-order valence-electron chi connectivity index (χ4n) is 2.42. The van der Waals surface area contributed by atoms with E-state index in [2.05, 4.69) is 15.3 Å². The van der Waals surface area contributed by atoms with Gasteiger partial charge in [-0.25, -0.2) is 4.98 Å². The summed E-state index contributed by atoms with van der Waals surface area (Å²) >= 11 is 3.21. The highest BCUT2D eigenvalue weighted by atomic mass is 32.2. The Balaban J connectivity index is 1.62. The maximum atomic E-state index is 12.3. The molecule has 0 fully saturated rings. The maximum Gasteiger partial charge on any atom is 0.262 e. The summed E-state index contributed by atoms with van der Waals surface area (Å²) in [6.45, 7) is 1.80. The van der Waals surface area contributed by atoms with Crippen molar-refractivity contribution in [3.05, 3.63) is 53.3 Å². The number of rotatable bonds is 9. The number of para-hydroxylation sites is 2. The summed E-state index contributed by atoms with van der Waals surface area (Å²) in [5, 5.41) is 4.79. The zero-order chi connectivity index (χ0) is 20.6. The summed E-state index contributed by atoms with van der Waals surface area (Å²) in [6, 6.07) is 8.97. The number of amides is 1. The Kier molecular flexibility index (Phi) is 7.31. The zero-order valence-corrected chi connectivity index (χ0v) is 17.9. The normalized spacial score (nSPS) is 10.4. The van der Waals surface area contributed by atoms with E-state index in [1.54, 1.807) is 54.6 Å². The van der Waals surface area contributed by atoms with Crippen molar-refractivity contribution in [2.24, 2.45) is 0 Å². The van der Waals surface area contributed by atoms with Crippen molar-refractivity contribution in [3.63, 3.8) is 0 Å². The van der Waals surface area contributed by atoms with Gasteiger partial charge in [-0.2, -0.15) is 0 Å². The van der Waals surface area contributed by atoms with Crippen LogP contribution in [0.2, 0.25) is 0 Å². The highest BCUT2D eigenvalue weighted by Crippen LogP contribution is 2.30. The van der Waals surface area contributed by atoms with Crippen LogP contribution < -0.4 is 19.5 Å². The van der Waals surface area contributed by atoms with E-state index in [9.17, 15) is 4.79 Å². The summed E-state index contributed by atoms with van der Waals surface area (Å²) in [6.07, 6.45) is 1.59. The average molecular weight is 432 g/mol. The number of ether oxygens (including phenoxy) is 3. The Hall–Kier alpha value is -2.78. The second-order valence-electron chi connectivity index (χ2n) is 5.91. The quantitative estimate of drug-likeness (QED) is 0.509. The average Bonchev–Trinajstić information content (AvgIpc) is 3.16. The van der Waals surface area contributed by atoms with E-state index in [4.69, 9.17) is 14.2 Å². The fraction of sp³-hybridized carbons (Fsp3) is 0.250. The molecule has 0 saturated heterocycles. The van der Waals surface area contributed by atoms with Crippen molar-refractivity contribution < 1.29 is 19.0 Å². The van der Waals surface area contributed by atoms with E-state index in [1.807, 2.05) is 24.4 Å². The Labute approximate surface area is 177 Å². The van der Waals surface area contributed by atoms with Crippen LogP contribution in [0.5, 0.6) is 17.2 Å². The number of carbonyl (C=O) groups is 1. The lowest BCUT2D eigenvalue weighted by atomic mass is 10.3. The van der Waals surface area contributed by atoms with Crippen LogP contribution in [0, 0.1) is 6.92 Å². The molecular formula is C20H21N3O4S2. The lowest BCUT2D eigenvalue weighted by molar-refractivity contribution is -0.118. The number of aryl methyl sites for hydroxylation is 1. The predicted octanol–water partition coefficient (Wildman–Crippen LogP) is 4.17. The molecule has 0 aliphatic carbocycles. The highest BCUT2D eigenvalue weighted by Gasteiger charge is 2.12. The van der Waals surface area contributed by atoms with Gasteiger partial charge in [-0.3, -0.25) is 9.78 Å². The molecule has 2 heterocycles. The Bertz CT molecular complexity index is 978. The molecule has 29 heavy (non-hydrogen) atoms. The molecule has 1 N–H and O–H groups in total. The Morgan fingerprint density at radius 1 is 1.17 bits per heavy atom. The number of methoxy groups -OCH3 is 2. The van der Waals surface area contributed by atoms with Gasteiger partial charge in [-0.05, 0) is 19.1 Å². The number of aromatic nitrogens is 2. The third-order valence-corrected chi connectivity index (χ3v) is 5.96. The summed E-state index contributed by atoms with van der Waals surface area (Å²) in [5.41, 5.74) is 2.40. The van der Waals surface area contributed by atoms with E-state index >= 15 is 0 Å². The molecule has 1 aromatic carbocycles. The van der Waals surface area contributed by atoms with Gasteiger partial charge >= 0.3 is 0 Å². The Morgan fingerprint density at radius 3 is 2.69 bits per heavy atom. The van der Waals surface area contributed by atoms with Crippen LogP contribution in [0.15, 0.2) is 46.2 Å². The SMILES string of the molecule is COc1ccccc1NC(=O)COc1cc(CSc2nc(C)cs2)ncc1OC. The molecule has 0 aliphatic rings. The molecule has 2 aromatic heterocycles. The fourth-order valence-corrected chi connectivity index (χ4v) is 4.17. The first kappa shape index (κ1) is 20.9.